The van der Waals surface area contributed by atoms with E-state index in [0.717, 1.165) is 30.8 Å². The highest BCUT2D eigenvalue weighted by Crippen LogP contribution is 2.30. The van der Waals surface area contributed by atoms with Gasteiger partial charge in [0, 0.05) is 32.0 Å². The quantitative estimate of drug-likeness (QED) is 0.868. The molecule has 0 radical (unpaired) electrons. The first-order valence-corrected chi connectivity index (χ1v) is 7.01. The maximum Gasteiger partial charge on any atom is 0.416 e. The molecule has 0 spiro atoms. The summed E-state index contributed by atoms with van der Waals surface area (Å²) in [7, 11) is 0. The molecular formula is C15H20ClF3N2O. The monoisotopic (exact) mass is 336 g/mol. The molecule has 0 bridgehead atoms. The summed E-state index contributed by atoms with van der Waals surface area (Å²) < 4.78 is 37.4. The molecule has 1 fully saturated rings. The second kappa shape index (κ2) is 7.83. The molecule has 0 saturated carbocycles. The number of amides is 1. The van der Waals surface area contributed by atoms with Crippen molar-refractivity contribution in [3.63, 3.8) is 0 Å². The standard InChI is InChI=1S/C15H19F3N2O.ClH/c1-10(6-14(21)20-9-11-7-19-8-11)12-2-4-13(5-3-12)15(16,17)18;/h2-5,10-11,19H,6-9H2,1H3,(H,20,21);1H. The van der Waals surface area contributed by atoms with Crippen molar-refractivity contribution >= 4 is 18.3 Å². The highest BCUT2D eigenvalue weighted by atomic mass is 35.5. The normalized spacial score (nSPS) is 16.4. The van der Waals surface area contributed by atoms with Crippen molar-refractivity contribution in [3.05, 3.63) is 35.4 Å². The number of rotatable bonds is 5. The lowest BCUT2D eigenvalue weighted by Gasteiger charge is -2.27. The molecule has 124 valence electrons. The molecule has 1 aliphatic heterocycles. The smallest absolute Gasteiger partial charge is 0.356 e. The summed E-state index contributed by atoms with van der Waals surface area (Å²) in [6.07, 6.45) is -4.04. The molecule has 22 heavy (non-hydrogen) atoms. The lowest BCUT2D eigenvalue weighted by Crippen LogP contribution is -2.48. The van der Waals surface area contributed by atoms with Crippen LogP contribution in [0.15, 0.2) is 24.3 Å². The molecule has 0 aliphatic carbocycles. The lowest BCUT2D eigenvalue weighted by atomic mass is 9.96. The van der Waals surface area contributed by atoms with Crippen LogP contribution in [0.2, 0.25) is 0 Å². The van der Waals surface area contributed by atoms with E-state index in [0.29, 0.717) is 12.5 Å². The van der Waals surface area contributed by atoms with E-state index in [1.54, 1.807) is 0 Å². The van der Waals surface area contributed by atoms with E-state index in [2.05, 4.69) is 10.6 Å². The minimum Gasteiger partial charge on any atom is -0.356 e. The maximum atomic E-state index is 12.5. The number of carbonyl (C=O) groups is 1. The molecular weight excluding hydrogens is 317 g/mol. The number of carbonyl (C=O) groups excluding carboxylic acids is 1. The van der Waals surface area contributed by atoms with Crippen LogP contribution in [0, 0.1) is 5.92 Å². The Kier molecular flexibility index (Phi) is 6.68. The van der Waals surface area contributed by atoms with Gasteiger partial charge in [0.1, 0.15) is 0 Å². The van der Waals surface area contributed by atoms with Gasteiger partial charge in [0.25, 0.3) is 0 Å². The molecule has 1 aromatic carbocycles. The molecule has 3 nitrogen and oxygen atoms in total. The Morgan fingerprint density at radius 1 is 1.32 bits per heavy atom. The summed E-state index contributed by atoms with van der Waals surface area (Å²) >= 11 is 0. The number of nitrogens with one attached hydrogen (secondary N) is 2. The first-order chi connectivity index (χ1) is 9.86. The van der Waals surface area contributed by atoms with Crippen LogP contribution < -0.4 is 10.6 Å². The fourth-order valence-corrected chi connectivity index (χ4v) is 2.22. The van der Waals surface area contributed by atoms with Gasteiger partial charge in [0.05, 0.1) is 5.56 Å². The SMILES string of the molecule is CC(CC(=O)NCC1CNC1)c1ccc(C(F)(F)F)cc1.Cl. The summed E-state index contributed by atoms with van der Waals surface area (Å²) in [5.74, 6) is 0.330. The highest BCUT2D eigenvalue weighted by molar-refractivity contribution is 5.85. The molecule has 1 heterocycles. The van der Waals surface area contributed by atoms with E-state index in [9.17, 15) is 18.0 Å². The Hall–Kier alpha value is -1.27. The number of hydrogen-bond acceptors (Lipinski definition) is 2. The zero-order valence-corrected chi connectivity index (χ0v) is 13.1. The van der Waals surface area contributed by atoms with E-state index >= 15 is 0 Å². The third-order valence-corrected chi connectivity index (χ3v) is 3.75. The van der Waals surface area contributed by atoms with Gasteiger partial charge in [0.15, 0.2) is 0 Å². The molecule has 1 aromatic rings. The first-order valence-electron chi connectivity index (χ1n) is 7.01. The summed E-state index contributed by atoms with van der Waals surface area (Å²) in [6, 6.07) is 5.00. The average molecular weight is 337 g/mol. The van der Waals surface area contributed by atoms with E-state index in [-0.39, 0.29) is 30.7 Å². The predicted molar refractivity (Wildman–Crippen MR) is 81.1 cm³/mol. The van der Waals surface area contributed by atoms with Crippen molar-refractivity contribution in [1.82, 2.24) is 10.6 Å². The minimum absolute atomic E-state index is 0. The number of hydrogen-bond donors (Lipinski definition) is 2. The van der Waals surface area contributed by atoms with Crippen LogP contribution >= 0.6 is 12.4 Å². The molecule has 1 amide bonds. The Morgan fingerprint density at radius 3 is 2.36 bits per heavy atom. The van der Waals surface area contributed by atoms with E-state index < -0.39 is 11.7 Å². The molecule has 1 saturated heterocycles. The van der Waals surface area contributed by atoms with Crippen molar-refractivity contribution < 1.29 is 18.0 Å². The third kappa shape index (κ3) is 5.18. The largest absolute Gasteiger partial charge is 0.416 e. The molecule has 2 N–H and O–H groups in total. The van der Waals surface area contributed by atoms with Gasteiger partial charge in [-0.25, -0.2) is 0 Å². The van der Waals surface area contributed by atoms with Crippen LogP contribution in [0.25, 0.3) is 0 Å². The fraction of sp³-hybridized carbons (Fsp3) is 0.533. The zero-order valence-electron chi connectivity index (χ0n) is 12.2. The number of benzene rings is 1. The number of alkyl halides is 3. The summed E-state index contributed by atoms with van der Waals surface area (Å²) in [4.78, 5) is 11.8. The second-order valence-electron chi connectivity index (χ2n) is 5.55. The highest BCUT2D eigenvalue weighted by Gasteiger charge is 2.30. The van der Waals surface area contributed by atoms with Crippen LogP contribution in [0.5, 0.6) is 0 Å². The molecule has 1 atom stereocenters. The summed E-state index contributed by atoms with van der Waals surface area (Å²) in [5.41, 5.74) is 0.0730. The van der Waals surface area contributed by atoms with Crippen LogP contribution in [0.4, 0.5) is 13.2 Å². The lowest BCUT2D eigenvalue weighted by molar-refractivity contribution is -0.137. The zero-order chi connectivity index (χ0) is 15.5. The van der Waals surface area contributed by atoms with Crippen LogP contribution in [0.3, 0.4) is 0 Å². The van der Waals surface area contributed by atoms with Gasteiger partial charge in [-0.2, -0.15) is 13.2 Å². The minimum atomic E-state index is -4.32. The summed E-state index contributed by atoms with van der Waals surface area (Å²) in [6.45, 7) is 4.35. The van der Waals surface area contributed by atoms with Crippen molar-refractivity contribution in [2.24, 2.45) is 5.92 Å². The van der Waals surface area contributed by atoms with Gasteiger partial charge >= 0.3 is 6.18 Å². The van der Waals surface area contributed by atoms with E-state index in [1.807, 2.05) is 6.92 Å². The van der Waals surface area contributed by atoms with E-state index in [4.69, 9.17) is 0 Å². The molecule has 1 unspecified atom stereocenters. The van der Waals surface area contributed by atoms with Gasteiger partial charge in [-0.1, -0.05) is 19.1 Å². The van der Waals surface area contributed by atoms with Gasteiger partial charge in [0.2, 0.25) is 5.91 Å². The van der Waals surface area contributed by atoms with Crippen LogP contribution in [-0.2, 0) is 11.0 Å². The van der Waals surface area contributed by atoms with Gasteiger partial charge < -0.3 is 10.6 Å². The Labute approximate surface area is 134 Å². The first kappa shape index (κ1) is 18.8. The summed E-state index contributed by atoms with van der Waals surface area (Å²) in [5, 5.41) is 5.99. The molecule has 0 aromatic heterocycles. The van der Waals surface area contributed by atoms with Crippen molar-refractivity contribution in [1.29, 1.82) is 0 Å². The van der Waals surface area contributed by atoms with Crippen molar-refractivity contribution in [2.75, 3.05) is 19.6 Å². The third-order valence-electron chi connectivity index (χ3n) is 3.75. The average Bonchev–Trinajstić information content (AvgIpc) is 2.36. The Balaban J connectivity index is 0.00000242. The Bertz CT molecular complexity index is 487. The van der Waals surface area contributed by atoms with Gasteiger partial charge in [-0.3, -0.25) is 4.79 Å². The molecule has 2 rings (SSSR count). The maximum absolute atomic E-state index is 12.5. The molecule has 1 aliphatic rings. The Morgan fingerprint density at radius 2 is 1.91 bits per heavy atom. The topological polar surface area (TPSA) is 41.1 Å². The van der Waals surface area contributed by atoms with Crippen LogP contribution in [0.1, 0.15) is 30.4 Å². The van der Waals surface area contributed by atoms with Crippen molar-refractivity contribution in [3.8, 4) is 0 Å². The van der Waals surface area contributed by atoms with Crippen molar-refractivity contribution in [2.45, 2.75) is 25.4 Å². The van der Waals surface area contributed by atoms with Gasteiger partial charge in [-0.15, -0.1) is 12.4 Å². The number of halogens is 4. The second-order valence-corrected chi connectivity index (χ2v) is 5.55. The fourth-order valence-electron chi connectivity index (χ4n) is 2.22. The predicted octanol–water partition coefficient (Wildman–Crippen LogP) is 2.96. The van der Waals surface area contributed by atoms with Gasteiger partial charge in [-0.05, 0) is 23.6 Å². The van der Waals surface area contributed by atoms with E-state index in [1.165, 1.54) is 12.1 Å². The molecule has 7 heteroatoms. The van der Waals surface area contributed by atoms with Crippen LogP contribution in [-0.4, -0.2) is 25.5 Å².